The van der Waals surface area contributed by atoms with Crippen molar-refractivity contribution in [3.63, 3.8) is 0 Å². The van der Waals surface area contributed by atoms with Gasteiger partial charge in [0.25, 0.3) is 5.91 Å². The lowest BCUT2D eigenvalue weighted by Gasteiger charge is -2.14. The Bertz CT molecular complexity index is 1520. The van der Waals surface area contributed by atoms with Gasteiger partial charge >= 0.3 is 16.3 Å². The van der Waals surface area contributed by atoms with Gasteiger partial charge in [0.1, 0.15) is 16.5 Å². The molecule has 7 nitrogen and oxygen atoms in total. The van der Waals surface area contributed by atoms with Crippen LogP contribution in [0.5, 0.6) is 11.5 Å². The maximum atomic E-state index is 12.9. The number of benzene rings is 3. The van der Waals surface area contributed by atoms with Crippen LogP contribution < -0.4 is 14.2 Å². The van der Waals surface area contributed by atoms with Gasteiger partial charge in [0.2, 0.25) is 0 Å². The van der Waals surface area contributed by atoms with Gasteiger partial charge in [0.05, 0.1) is 16.2 Å². The summed E-state index contributed by atoms with van der Waals surface area (Å²) >= 11 is 7.59. The minimum atomic E-state index is -4.60. The summed E-state index contributed by atoms with van der Waals surface area (Å²) in [5.41, 5.74) is -1.26. The highest BCUT2D eigenvalue weighted by atomic mass is 127. The van der Waals surface area contributed by atoms with E-state index in [1.807, 2.05) is 0 Å². The van der Waals surface area contributed by atoms with Gasteiger partial charge in [-0.05, 0) is 88.8 Å². The van der Waals surface area contributed by atoms with Gasteiger partial charge in [-0.15, -0.1) is 0 Å². The number of rotatable bonds is 7. The molecule has 0 aliphatic rings. The molecule has 37 heavy (non-hydrogen) atoms. The number of methoxy groups -OCH3 is 1. The van der Waals surface area contributed by atoms with E-state index in [4.69, 9.17) is 20.5 Å². The highest BCUT2D eigenvalue weighted by Crippen LogP contribution is 2.37. The van der Waals surface area contributed by atoms with Crippen LogP contribution in [-0.4, -0.2) is 21.4 Å². The van der Waals surface area contributed by atoms with E-state index in [1.165, 1.54) is 55.7 Å². The third-order valence-electron chi connectivity index (χ3n) is 4.67. The zero-order valence-corrected chi connectivity index (χ0v) is 22.4. The van der Waals surface area contributed by atoms with Crippen molar-refractivity contribution in [2.24, 2.45) is 0 Å². The molecule has 0 radical (unpaired) electrons. The van der Waals surface area contributed by atoms with Crippen molar-refractivity contribution in [1.29, 1.82) is 5.26 Å². The molecule has 192 valence electrons. The van der Waals surface area contributed by atoms with Gasteiger partial charge in [0, 0.05) is 10.7 Å². The first-order valence-electron chi connectivity index (χ1n) is 10.0. The average Bonchev–Trinajstić information content (AvgIpc) is 2.83. The van der Waals surface area contributed by atoms with Crippen LogP contribution in [0.1, 0.15) is 11.1 Å². The first kappa shape index (κ1) is 28.3. The zero-order chi connectivity index (χ0) is 27.4. The molecule has 0 saturated heterocycles. The standard InChI is InChI=1S/C24H15ClF3IN2O5S/c1-35-21-11-14(10-20(29)22(21)36-37(33,34)19-7-5-17(25)6-8-19)9-15(13-30)23(32)31-18-4-2-3-16(12-18)24(26,27)28/h2-12H,1H3,(H,31,32)/b15-9+. The SMILES string of the molecule is COc1cc(/C=C(\C#N)C(=O)Nc2cccc(C(F)(F)F)c2)cc(I)c1OS(=O)(=O)c1ccc(Cl)cc1. The molecule has 0 aliphatic heterocycles. The van der Waals surface area contributed by atoms with Crippen LogP contribution in [-0.2, 0) is 21.1 Å². The fourth-order valence-corrected chi connectivity index (χ4v) is 4.92. The van der Waals surface area contributed by atoms with E-state index < -0.39 is 33.3 Å². The maximum absolute atomic E-state index is 12.9. The Kier molecular flexibility index (Phi) is 8.72. The lowest BCUT2D eigenvalue weighted by molar-refractivity contribution is -0.137. The molecule has 3 aromatic carbocycles. The number of carbonyl (C=O) groups is 1. The molecule has 0 heterocycles. The van der Waals surface area contributed by atoms with Gasteiger partial charge in [-0.3, -0.25) is 4.79 Å². The van der Waals surface area contributed by atoms with Gasteiger partial charge in [-0.25, -0.2) is 0 Å². The van der Waals surface area contributed by atoms with Crippen molar-refractivity contribution in [2.75, 3.05) is 12.4 Å². The van der Waals surface area contributed by atoms with E-state index >= 15 is 0 Å². The van der Waals surface area contributed by atoms with Crippen LogP contribution in [0.3, 0.4) is 0 Å². The summed E-state index contributed by atoms with van der Waals surface area (Å²) in [6.07, 6.45) is -3.43. The average molecular weight is 663 g/mol. The molecule has 13 heteroatoms. The first-order chi connectivity index (χ1) is 17.3. The number of nitrogens with one attached hydrogen (secondary N) is 1. The second-order valence-electron chi connectivity index (χ2n) is 7.23. The Morgan fingerprint density at radius 3 is 2.41 bits per heavy atom. The molecule has 1 amide bonds. The van der Waals surface area contributed by atoms with Gasteiger partial charge in [-0.1, -0.05) is 17.7 Å². The second-order valence-corrected chi connectivity index (χ2v) is 10.4. The normalized spacial score (nSPS) is 12.0. The lowest BCUT2D eigenvalue weighted by atomic mass is 10.1. The maximum Gasteiger partial charge on any atom is 0.416 e. The van der Waals surface area contributed by atoms with Gasteiger partial charge in [-0.2, -0.15) is 26.9 Å². The Labute approximate surface area is 228 Å². The van der Waals surface area contributed by atoms with Crippen molar-refractivity contribution in [1.82, 2.24) is 0 Å². The number of carbonyl (C=O) groups excluding carboxylic acids is 1. The van der Waals surface area contributed by atoms with Crippen LogP contribution in [0.2, 0.25) is 5.02 Å². The molecular formula is C24H15ClF3IN2O5S. The van der Waals surface area contributed by atoms with E-state index in [1.54, 1.807) is 28.7 Å². The number of halogens is 5. The summed E-state index contributed by atoms with van der Waals surface area (Å²) in [4.78, 5) is 12.4. The molecule has 0 bridgehead atoms. The largest absolute Gasteiger partial charge is 0.493 e. The monoisotopic (exact) mass is 662 g/mol. The van der Waals surface area contributed by atoms with E-state index in [-0.39, 0.29) is 31.2 Å². The summed E-state index contributed by atoms with van der Waals surface area (Å²) in [5.74, 6) is -1.07. The predicted molar refractivity (Wildman–Crippen MR) is 139 cm³/mol. The number of hydrogen-bond acceptors (Lipinski definition) is 6. The molecule has 0 unspecified atom stereocenters. The zero-order valence-electron chi connectivity index (χ0n) is 18.6. The highest BCUT2D eigenvalue weighted by molar-refractivity contribution is 14.1. The third kappa shape index (κ3) is 7.15. The molecule has 3 aromatic rings. The Hall–Kier alpha value is -3.28. The smallest absolute Gasteiger partial charge is 0.416 e. The fourth-order valence-electron chi connectivity index (χ4n) is 2.95. The summed E-state index contributed by atoms with van der Waals surface area (Å²) < 4.78 is 75.0. The molecule has 0 spiro atoms. The molecule has 0 aromatic heterocycles. The molecule has 1 N–H and O–H groups in total. The Morgan fingerprint density at radius 2 is 1.81 bits per heavy atom. The van der Waals surface area contributed by atoms with Crippen molar-refractivity contribution < 1.29 is 35.3 Å². The van der Waals surface area contributed by atoms with Crippen LogP contribution >= 0.6 is 34.2 Å². The van der Waals surface area contributed by atoms with Crippen molar-refractivity contribution >= 4 is 62.0 Å². The molecule has 3 rings (SSSR count). The molecular weight excluding hydrogens is 648 g/mol. The number of ether oxygens (including phenoxy) is 1. The third-order valence-corrected chi connectivity index (χ3v) is 6.96. The minimum Gasteiger partial charge on any atom is -0.493 e. The summed E-state index contributed by atoms with van der Waals surface area (Å²) in [5, 5.41) is 12.1. The number of amides is 1. The van der Waals surface area contributed by atoms with E-state index in [0.29, 0.717) is 5.02 Å². The van der Waals surface area contributed by atoms with Crippen LogP contribution in [0, 0.1) is 14.9 Å². The van der Waals surface area contributed by atoms with E-state index in [9.17, 15) is 31.6 Å². The highest BCUT2D eigenvalue weighted by Gasteiger charge is 2.30. The van der Waals surface area contributed by atoms with Crippen molar-refractivity contribution in [3.8, 4) is 17.6 Å². The molecule has 0 aliphatic carbocycles. The topological polar surface area (TPSA) is 105 Å². The Morgan fingerprint density at radius 1 is 1.14 bits per heavy atom. The summed E-state index contributed by atoms with van der Waals surface area (Å²) in [6, 6.07) is 13.8. The Balaban J connectivity index is 1.89. The number of alkyl halides is 3. The number of nitriles is 1. The minimum absolute atomic E-state index is 0.00809. The molecule has 0 fully saturated rings. The second kappa shape index (κ2) is 11.4. The van der Waals surface area contributed by atoms with Gasteiger partial charge in [0.15, 0.2) is 11.5 Å². The number of nitrogens with zero attached hydrogens (tertiary/aromatic N) is 1. The van der Waals surface area contributed by atoms with Crippen molar-refractivity contribution in [3.05, 3.63) is 86.0 Å². The molecule has 0 saturated carbocycles. The van der Waals surface area contributed by atoms with Crippen LogP contribution in [0.4, 0.5) is 18.9 Å². The first-order valence-corrected chi connectivity index (χ1v) is 12.9. The lowest BCUT2D eigenvalue weighted by Crippen LogP contribution is -2.14. The number of anilines is 1. The quantitative estimate of drug-likeness (QED) is 0.138. The van der Waals surface area contributed by atoms with Crippen molar-refractivity contribution in [2.45, 2.75) is 11.1 Å². The summed E-state index contributed by atoms with van der Waals surface area (Å²) in [7, 11) is -2.97. The predicted octanol–water partition coefficient (Wildman–Crippen LogP) is 6.29. The fraction of sp³-hybridized carbons (Fsp3) is 0.0833. The molecule has 0 atom stereocenters. The van der Waals surface area contributed by atoms with Gasteiger partial charge < -0.3 is 14.2 Å². The van der Waals surface area contributed by atoms with E-state index in [2.05, 4.69) is 5.32 Å². The number of hydrogen-bond donors (Lipinski definition) is 1. The summed E-state index contributed by atoms with van der Waals surface area (Å²) in [6.45, 7) is 0. The van der Waals surface area contributed by atoms with Crippen LogP contribution in [0.25, 0.3) is 6.08 Å². The van der Waals surface area contributed by atoms with Crippen LogP contribution in [0.15, 0.2) is 71.1 Å². The van der Waals surface area contributed by atoms with E-state index in [0.717, 1.165) is 18.2 Å².